The van der Waals surface area contributed by atoms with Gasteiger partial charge in [0.1, 0.15) is 0 Å². The first kappa shape index (κ1) is 13.6. The molecule has 16 heavy (non-hydrogen) atoms. The normalized spacial score (nSPS) is 14.4. The first-order valence-electron chi connectivity index (χ1n) is 5.07. The van der Waals surface area contributed by atoms with Gasteiger partial charge in [-0.15, -0.1) is 12.4 Å². The van der Waals surface area contributed by atoms with Crippen LogP contribution in [0.4, 0.5) is 0 Å². The van der Waals surface area contributed by atoms with E-state index in [0.717, 1.165) is 34.4 Å². The topological polar surface area (TPSA) is 44.5 Å². The number of halogens is 2. The molecule has 0 aliphatic carbocycles. The quantitative estimate of drug-likeness (QED) is 0.931. The average molecular weight is 309 g/mol. The van der Waals surface area contributed by atoms with Crippen molar-refractivity contribution >= 4 is 28.3 Å². The summed E-state index contributed by atoms with van der Waals surface area (Å²) in [7, 11) is 0. The molecule has 2 rings (SSSR count). The number of rotatable bonds is 3. The van der Waals surface area contributed by atoms with Crippen molar-refractivity contribution in [3.8, 4) is 11.5 Å². The molecule has 0 unspecified atom stereocenters. The molecule has 2 N–H and O–H groups in total. The van der Waals surface area contributed by atoms with Crippen LogP contribution in [0.15, 0.2) is 16.6 Å². The lowest BCUT2D eigenvalue weighted by molar-refractivity contribution is 0.174. The maximum absolute atomic E-state index is 6.07. The summed E-state index contributed by atoms with van der Waals surface area (Å²) in [5.74, 6) is 1.58. The van der Waals surface area contributed by atoms with E-state index in [4.69, 9.17) is 15.2 Å². The van der Waals surface area contributed by atoms with Crippen LogP contribution in [0.5, 0.6) is 11.5 Å². The van der Waals surface area contributed by atoms with E-state index in [1.54, 1.807) is 0 Å². The Kier molecular flexibility index (Phi) is 4.89. The molecular formula is C11H15BrClNO2. The first-order valence-corrected chi connectivity index (χ1v) is 5.86. The summed E-state index contributed by atoms with van der Waals surface area (Å²) in [5, 5.41) is 0. The third-order valence-electron chi connectivity index (χ3n) is 2.49. The van der Waals surface area contributed by atoms with Crippen LogP contribution in [0, 0.1) is 0 Å². The predicted molar refractivity (Wildman–Crippen MR) is 69.3 cm³/mol. The molecule has 0 saturated heterocycles. The molecule has 1 atom stereocenters. The Morgan fingerprint density at radius 1 is 1.38 bits per heavy atom. The molecule has 0 spiro atoms. The monoisotopic (exact) mass is 307 g/mol. The number of benzene rings is 1. The molecule has 0 radical (unpaired) electrons. The molecule has 90 valence electrons. The Morgan fingerprint density at radius 3 is 2.62 bits per heavy atom. The van der Waals surface area contributed by atoms with E-state index >= 15 is 0 Å². The largest absolute Gasteiger partial charge is 0.454 e. The van der Waals surface area contributed by atoms with E-state index in [0.29, 0.717) is 6.79 Å². The highest BCUT2D eigenvalue weighted by Crippen LogP contribution is 2.39. The highest BCUT2D eigenvalue weighted by atomic mass is 79.9. The minimum atomic E-state index is 0. The lowest BCUT2D eigenvalue weighted by atomic mass is 10.0. The van der Waals surface area contributed by atoms with Gasteiger partial charge >= 0.3 is 0 Å². The number of fused-ring (bicyclic) bond motifs is 1. The molecule has 5 heteroatoms. The third-order valence-corrected chi connectivity index (χ3v) is 3.18. The molecule has 0 amide bonds. The van der Waals surface area contributed by atoms with Gasteiger partial charge in [0.25, 0.3) is 0 Å². The van der Waals surface area contributed by atoms with E-state index in [9.17, 15) is 0 Å². The second-order valence-electron chi connectivity index (χ2n) is 3.62. The zero-order chi connectivity index (χ0) is 10.8. The van der Waals surface area contributed by atoms with Gasteiger partial charge in [0.15, 0.2) is 11.5 Å². The summed E-state index contributed by atoms with van der Waals surface area (Å²) in [6.45, 7) is 2.43. The SMILES string of the molecule is CCC[C@H](N)c1cc2c(cc1Br)OCO2.Cl. The second-order valence-corrected chi connectivity index (χ2v) is 4.48. The van der Waals surface area contributed by atoms with Crippen LogP contribution in [-0.4, -0.2) is 6.79 Å². The smallest absolute Gasteiger partial charge is 0.231 e. The maximum Gasteiger partial charge on any atom is 0.231 e. The van der Waals surface area contributed by atoms with Crippen LogP contribution in [0.25, 0.3) is 0 Å². The second kappa shape index (κ2) is 5.75. The summed E-state index contributed by atoms with van der Waals surface area (Å²) in [6, 6.07) is 3.94. The molecule has 1 aliphatic rings. The molecule has 0 aromatic heterocycles. The number of hydrogen-bond acceptors (Lipinski definition) is 3. The summed E-state index contributed by atoms with van der Waals surface area (Å²) < 4.78 is 11.6. The number of nitrogens with two attached hydrogens (primary N) is 1. The Labute approximate surface area is 110 Å². The fraction of sp³-hybridized carbons (Fsp3) is 0.455. The van der Waals surface area contributed by atoms with Crippen molar-refractivity contribution in [2.75, 3.05) is 6.79 Å². The Bertz CT molecular complexity index is 373. The molecule has 0 fully saturated rings. The molecule has 1 aliphatic heterocycles. The van der Waals surface area contributed by atoms with Crippen LogP contribution in [0.2, 0.25) is 0 Å². The fourth-order valence-electron chi connectivity index (χ4n) is 1.68. The van der Waals surface area contributed by atoms with Crippen LogP contribution in [0.1, 0.15) is 31.4 Å². The Morgan fingerprint density at radius 2 is 2.00 bits per heavy atom. The van der Waals surface area contributed by atoms with Gasteiger partial charge in [-0.05, 0) is 24.1 Å². The molecule has 1 aromatic carbocycles. The minimum Gasteiger partial charge on any atom is -0.454 e. The molecule has 1 heterocycles. The van der Waals surface area contributed by atoms with Crippen LogP contribution in [-0.2, 0) is 0 Å². The first-order chi connectivity index (χ1) is 7.22. The maximum atomic E-state index is 6.07. The zero-order valence-electron chi connectivity index (χ0n) is 9.03. The molecule has 1 aromatic rings. The van der Waals surface area contributed by atoms with Crippen molar-refractivity contribution < 1.29 is 9.47 Å². The van der Waals surface area contributed by atoms with Crippen molar-refractivity contribution in [1.29, 1.82) is 0 Å². The number of hydrogen-bond donors (Lipinski definition) is 1. The average Bonchev–Trinajstić information content (AvgIpc) is 2.63. The van der Waals surface area contributed by atoms with Crippen molar-refractivity contribution in [2.45, 2.75) is 25.8 Å². The van der Waals surface area contributed by atoms with E-state index in [1.165, 1.54) is 0 Å². The van der Waals surface area contributed by atoms with Crippen molar-refractivity contribution in [2.24, 2.45) is 5.73 Å². The van der Waals surface area contributed by atoms with E-state index in [1.807, 2.05) is 12.1 Å². The minimum absolute atomic E-state index is 0. The number of ether oxygens (including phenoxy) is 2. The summed E-state index contributed by atoms with van der Waals surface area (Å²) in [6.07, 6.45) is 2.04. The standard InChI is InChI=1S/C11H14BrNO2.ClH/c1-2-3-9(13)7-4-10-11(5-8(7)12)15-6-14-10;/h4-5,9H,2-3,6,13H2,1H3;1H/t9-;/m0./s1. The van der Waals surface area contributed by atoms with Gasteiger partial charge in [-0.2, -0.15) is 0 Å². The van der Waals surface area contributed by atoms with Crippen LogP contribution >= 0.6 is 28.3 Å². The van der Waals surface area contributed by atoms with Crippen molar-refractivity contribution in [3.05, 3.63) is 22.2 Å². The van der Waals surface area contributed by atoms with E-state index in [2.05, 4.69) is 22.9 Å². The lowest BCUT2D eigenvalue weighted by Gasteiger charge is -2.13. The summed E-state index contributed by atoms with van der Waals surface area (Å²) >= 11 is 3.50. The summed E-state index contributed by atoms with van der Waals surface area (Å²) in [4.78, 5) is 0. The van der Waals surface area contributed by atoms with Gasteiger partial charge < -0.3 is 15.2 Å². The van der Waals surface area contributed by atoms with Gasteiger partial charge in [-0.1, -0.05) is 29.3 Å². The van der Waals surface area contributed by atoms with Gasteiger partial charge in [0.05, 0.1) is 0 Å². The van der Waals surface area contributed by atoms with Gasteiger partial charge in [-0.25, -0.2) is 0 Å². The van der Waals surface area contributed by atoms with Gasteiger partial charge in [0.2, 0.25) is 6.79 Å². The van der Waals surface area contributed by atoms with Crippen molar-refractivity contribution in [3.63, 3.8) is 0 Å². The highest BCUT2D eigenvalue weighted by Gasteiger charge is 2.18. The van der Waals surface area contributed by atoms with Gasteiger partial charge in [-0.3, -0.25) is 0 Å². The predicted octanol–water partition coefficient (Wildman–Crippen LogP) is 3.40. The van der Waals surface area contributed by atoms with E-state index in [-0.39, 0.29) is 18.4 Å². The van der Waals surface area contributed by atoms with E-state index < -0.39 is 0 Å². The summed E-state index contributed by atoms with van der Waals surface area (Å²) in [5.41, 5.74) is 7.16. The lowest BCUT2D eigenvalue weighted by Crippen LogP contribution is -2.10. The molecular weight excluding hydrogens is 293 g/mol. The molecule has 0 saturated carbocycles. The third kappa shape index (κ3) is 2.62. The highest BCUT2D eigenvalue weighted by molar-refractivity contribution is 9.10. The zero-order valence-corrected chi connectivity index (χ0v) is 11.4. The molecule has 0 bridgehead atoms. The van der Waals surface area contributed by atoms with Crippen LogP contribution < -0.4 is 15.2 Å². The Balaban J connectivity index is 0.00000128. The van der Waals surface area contributed by atoms with Crippen LogP contribution in [0.3, 0.4) is 0 Å². The van der Waals surface area contributed by atoms with Gasteiger partial charge in [0, 0.05) is 10.5 Å². The van der Waals surface area contributed by atoms with Crippen molar-refractivity contribution in [1.82, 2.24) is 0 Å². The fourth-order valence-corrected chi connectivity index (χ4v) is 2.30. The Hall–Kier alpha value is -0.450. The molecule has 3 nitrogen and oxygen atoms in total.